The lowest BCUT2D eigenvalue weighted by Gasteiger charge is -2.39. The lowest BCUT2D eigenvalue weighted by molar-refractivity contribution is 0.102. The van der Waals surface area contributed by atoms with E-state index in [4.69, 9.17) is 10.8 Å². The van der Waals surface area contributed by atoms with Gasteiger partial charge in [-0.2, -0.15) is 5.10 Å². The molecule has 0 bridgehead atoms. The quantitative estimate of drug-likeness (QED) is 0.834. The van der Waals surface area contributed by atoms with Gasteiger partial charge < -0.3 is 5.73 Å². The van der Waals surface area contributed by atoms with Crippen LogP contribution in [-0.2, 0) is 6.54 Å². The van der Waals surface area contributed by atoms with Gasteiger partial charge in [-0.05, 0) is 38.8 Å². The van der Waals surface area contributed by atoms with E-state index in [0.29, 0.717) is 12.6 Å². The Morgan fingerprint density at radius 1 is 1.40 bits per heavy atom. The maximum Gasteiger partial charge on any atom is 0.0765 e. The fourth-order valence-electron chi connectivity index (χ4n) is 3.21. The number of hydrogen-bond acceptors (Lipinski definition) is 3. The van der Waals surface area contributed by atoms with Crippen LogP contribution in [-0.4, -0.2) is 33.3 Å². The van der Waals surface area contributed by atoms with Gasteiger partial charge in [0.1, 0.15) is 0 Å². The topological polar surface area (TPSA) is 47.1 Å². The van der Waals surface area contributed by atoms with E-state index in [1.807, 2.05) is 0 Å². The Labute approximate surface area is 123 Å². The molecule has 1 saturated carbocycles. The van der Waals surface area contributed by atoms with Crippen molar-refractivity contribution in [1.82, 2.24) is 14.7 Å². The zero-order valence-electron chi connectivity index (χ0n) is 13.3. The van der Waals surface area contributed by atoms with Crippen LogP contribution in [0.15, 0.2) is 12.3 Å². The van der Waals surface area contributed by atoms with Crippen LogP contribution in [0.4, 0.5) is 0 Å². The number of aromatic nitrogens is 2. The summed E-state index contributed by atoms with van der Waals surface area (Å²) in [6.07, 6.45) is 8.50. The largest absolute Gasteiger partial charge is 0.329 e. The zero-order valence-corrected chi connectivity index (χ0v) is 13.3. The molecule has 2 N–H and O–H groups in total. The Hall–Kier alpha value is -0.870. The highest BCUT2D eigenvalue weighted by Crippen LogP contribution is 2.29. The first-order valence-electron chi connectivity index (χ1n) is 8.12. The number of nitrogens with two attached hydrogens (primary N) is 1. The molecule has 0 aromatic carbocycles. The summed E-state index contributed by atoms with van der Waals surface area (Å²) in [7, 11) is 0. The van der Waals surface area contributed by atoms with Crippen LogP contribution in [0.1, 0.15) is 64.6 Å². The minimum absolute atomic E-state index is 0.0753. The van der Waals surface area contributed by atoms with E-state index < -0.39 is 0 Å². The van der Waals surface area contributed by atoms with Crippen molar-refractivity contribution in [3.63, 3.8) is 0 Å². The van der Waals surface area contributed by atoms with Crippen LogP contribution < -0.4 is 5.73 Å². The number of hydrogen-bond donors (Lipinski definition) is 1. The van der Waals surface area contributed by atoms with Crippen molar-refractivity contribution >= 4 is 0 Å². The molecule has 2 rings (SSSR count). The second-order valence-corrected chi connectivity index (χ2v) is 6.29. The van der Waals surface area contributed by atoms with Gasteiger partial charge in [-0.3, -0.25) is 9.58 Å². The highest BCUT2D eigenvalue weighted by Gasteiger charge is 2.28. The summed E-state index contributed by atoms with van der Waals surface area (Å²) in [5.74, 6) is 0. The number of nitrogens with zero attached hydrogens (tertiary/aromatic N) is 3. The molecule has 4 heteroatoms. The second-order valence-electron chi connectivity index (χ2n) is 6.29. The summed E-state index contributed by atoms with van der Waals surface area (Å²) in [5.41, 5.74) is 7.23. The molecule has 1 heterocycles. The molecule has 1 atom stereocenters. The molecule has 1 aromatic heterocycles. The molecule has 1 aliphatic rings. The zero-order chi connectivity index (χ0) is 14.6. The van der Waals surface area contributed by atoms with Gasteiger partial charge in [0.2, 0.25) is 0 Å². The fourth-order valence-corrected chi connectivity index (χ4v) is 3.21. The third-order valence-electron chi connectivity index (χ3n) is 5.06. The molecule has 114 valence electrons. The Morgan fingerprint density at radius 3 is 2.65 bits per heavy atom. The fraction of sp³-hybridized carbons (Fsp3) is 0.812. The van der Waals surface area contributed by atoms with E-state index in [9.17, 15) is 0 Å². The summed E-state index contributed by atoms with van der Waals surface area (Å²) >= 11 is 0. The summed E-state index contributed by atoms with van der Waals surface area (Å²) in [6.45, 7) is 9.28. The summed E-state index contributed by atoms with van der Waals surface area (Å²) < 4.78 is 2.18. The van der Waals surface area contributed by atoms with E-state index in [-0.39, 0.29) is 5.54 Å². The average molecular weight is 278 g/mol. The summed E-state index contributed by atoms with van der Waals surface area (Å²) in [4.78, 5) is 2.45. The van der Waals surface area contributed by atoms with Crippen molar-refractivity contribution in [3.8, 4) is 0 Å². The third kappa shape index (κ3) is 3.23. The van der Waals surface area contributed by atoms with E-state index in [2.05, 4.69) is 42.6 Å². The van der Waals surface area contributed by atoms with Crippen LogP contribution in [0, 0.1) is 0 Å². The standard InChI is InChI=1S/C16H30N4/c1-4-16(3,13-17)19(5-2)12-14-10-11-20(18-14)15-8-6-7-9-15/h10-11,15H,4-9,12-13,17H2,1-3H3. The molecule has 0 aliphatic heterocycles. The molecule has 4 nitrogen and oxygen atoms in total. The number of rotatable bonds is 7. The maximum absolute atomic E-state index is 5.99. The van der Waals surface area contributed by atoms with Gasteiger partial charge >= 0.3 is 0 Å². The molecule has 1 fully saturated rings. The van der Waals surface area contributed by atoms with Gasteiger partial charge in [0.25, 0.3) is 0 Å². The Morgan fingerprint density at radius 2 is 2.10 bits per heavy atom. The molecule has 0 spiro atoms. The third-order valence-corrected chi connectivity index (χ3v) is 5.06. The van der Waals surface area contributed by atoms with E-state index in [1.165, 1.54) is 31.4 Å². The second kappa shape index (κ2) is 6.72. The van der Waals surface area contributed by atoms with Gasteiger partial charge in [0.05, 0.1) is 11.7 Å². The van der Waals surface area contributed by atoms with Crippen molar-refractivity contribution in [2.24, 2.45) is 5.73 Å². The summed E-state index contributed by atoms with van der Waals surface area (Å²) in [5, 5.41) is 4.80. The van der Waals surface area contributed by atoms with Crippen LogP contribution >= 0.6 is 0 Å². The Balaban J connectivity index is 2.04. The van der Waals surface area contributed by atoms with Gasteiger partial charge in [-0.25, -0.2) is 0 Å². The highest BCUT2D eigenvalue weighted by molar-refractivity contribution is 5.02. The molecule has 0 amide bonds. The monoisotopic (exact) mass is 278 g/mol. The summed E-state index contributed by atoms with van der Waals surface area (Å²) in [6, 6.07) is 2.80. The van der Waals surface area contributed by atoms with E-state index in [0.717, 1.165) is 19.5 Å². The predicted molar refractivity (Wildman–Crippen MR) is 83.6 cm³/mol. The normalized spacial score (nSPS) is 19.6. The van der Waals surface area contributed by atoms with E-state index in [1.54, 1.807) is 0 Å². The highest BCUT2D eigenvalue weighted by atomic mass is 15.3. The molecule has 0 saturated heterocycles. The van der Waals surface area contributed by atoms with Gasteiger partial charge in [-0.1, -0.05) is 26.7 Å². The Bertz CT molecular complexity index is 402. The first-order valence-corrected chi connectivity index (χ1v) is 8.12. The predicted octanol–water partition coefficient (Wildman–Crippen LogP) is 2.95. The lowest BCUT2D eigenvalue weighted by Crippen LogP contribution is -2.50. The first-order chi connectivity index (χ1) is 9.62. The van der Waals surface area contributed by atoms with Crippen LogP contribution in [0.25, 0.3) is 0 Å². The molecular formula is C16H30N4. The van der Waals surface area contributed by atoms with Gasteiger partial charge in [0, 0.05) is 24.8 Å². The number of likely N-dealkylation sites (N-methyl/N-ethyl adjacent to an activating group) is 1. The van der Waals surface area contributed by atoms with Crippen molar-refractivity contribution < 1.29 is 0 Å². The van der Waals surface area contributed by atoms with Crippen LogP contribution in [0.5, 0.6) is 0 Å². The first kappa shape index (κ1) is 15.5. The van der Waals surface area contributed by atoms with Gasteiger partial charge in [-0.15, -0.1) is 0 Å². The minimum Gasteiger partial charge on any atom is -0.329 e. The van der Waals surface area contributed by atoms with Crippen LogP contribution in [0.3, 0.4) is 0 Å². The molecule has 1 aliphatic carbocycles. The minimum atomic E-state index is 0.0753. The van der Waals surface area contributed by atoms with Crippen molar-refractivity contribution in [3.05, 3.63) is 18.0 Å². The smallest absolute Gasteiger partial charge is 0.0765 e. The van der Waals surface area contributed by atoms with Crippen molar-refractivity contribution in [2.45, 2.75) is 71.0 Å². The average Bonchev–Trinajstić information content (AvgIpc) is 3.14. The van der Waals surface area contributed by atoms with Crippen molar-refractivity contribution in [1.29, 1.82) is 0 Å². The van der Waals surface area contributed by atoms with Crippen molar-refractivity contribution in [2.75, 3.05) is 13.1 Å². The molecule has 20 heavy (non-hydrogen) atoms. The molecule has 1 aromatic rings. The SMILES string of the molecule is CCN(Cc1ccn(C2CCCC2)n1)C(C)(CC)CN. The maximum atomic E-state index is 5.99. The molecular weight excluding hydrogens is 248 g/mol. The Kier molecular flexibility index (Phi) is 5.22. The van der Waals surface area contributed by atoms with Gasteiger partial charge in [0.15, 0.2) is 0 Å². The van der Waals surface area contributed by atoms with E-state index >= 15 is 0 Å². The lowest BCUT2D eigenvalue weighted by atomic mass is 9.96. The van der Waals surface area contributed by atoms with Crippen LogP contribution in [0.2, 0.25) is 0 Å². The molecule has 0 radical (unpaired) electrons. The molecule has 1 unspecified atom stereocenters.